The Hall–Kier alpha value is -2.09. The third-order valence-electron chi connectivity index (χ3n) is 2.65. The van der Waals surface area contributed by atoms with E-state index in [4.69, 9.17) is 9.47 Å². The van der Waals surface area contributed by atoms with Gasteiger partial charge in [0, 0.05) is 11.8 Å². The maximum Gasteiger partial charge on any atom is 0.348 e. The topological polar surface area (TPSA) is 64.6 Å². The minimum Gasteiger partial charge on any atom is -0.462 e. The number of anilines is 1. The van der Waals surface area contributed by atoms with Crippen molar-refractivity contribution in [1.29, 1.82) is 0 Å². The van der Waals surface area contributed by atoms with Gasteiger partial charge < -0.3 is 14.8 Å². The van der Waals surface area contributed by atoms with Crippen LogP contribution in [-0.2, 0) is 19.1 Å². The fourth-order valence-corrected chi connectivity index (χ4v) is 2.49. The minimum absolute atomic E-state index is 0.0803. The summed E-state index contributed by atoms with van der Waals surface area (Å²) in [6.45, 7) is 5.19. The molecule has 8 heteroatoms. The van der Waals surface area contributed by atoms with Crippen molar-refractivity contribution >= 4 is 29.4 Å². The van der Waals surface area contributed by atoms with Crippen molar-refractivity contribution in [1.82, 2.24) is 0 Å². The largest absolute Gasteiger partial charge is 0.462 e. The number of thioether (sulfide) groups is 1. The van der Waals surface area contributed by atoms with Gasteiger partial charge in [-0.05, 0) is 31.7 Å². The molecule has 5 nitrogen and oxygen atoms in total. The average molecular weight is 359 g/mol. The molecule has 0 aromatic heterocycles. The number of halogens is 2. The number of hydrogen-bond donors (Lipinski definition) is 1. The monoisotopic (exact) mass is 359 g/mol. The molecule has 0 amide bonds. The Morgan fingerprint density at radius 3 is 2.08 bits per heavy atom. The lowest BCUT2D eigenvalue weighted by Gasteiger charge is -2.15. The number of carbonyl (C=O) groups is 2. The summed E-state index contributed by atoms with van der Waals surface area (Å²) in [4.78, 5) is 24.2. The maximum absolute atomic E-state index is 13.4. The summed E-state index contributed by atoms with van der Waals surface area (Å²) in [7, 11) is 0. The zero-order chi connectivity index (χ0) is 18.1. The zero-order valence-electron chi connectivity index (χ0n) is 13.7. The van der Waals surface area contributed by atoms with Crippen LogP contribution in [0.4, 0.5) is 14.5 Å². The molecule has 0 fully saturated rings. The Balaban J connectivity index is 3.28. The number of benzene rings is 1. The molecule has 24 heavy (non-hydrogen) atoms. The second-order valence-corrected chi connectivity index (χ2v) is 5.61. The number of esters is 2. The van der Waals surface area contributed by atoms with Gasteiger partial charge >= 0.3 is 11.9 Å². The Labute approximate surface area is 143 Å². The van der Waals surface area contributed by atoms with Gasteiger partial charge in [0.2, 0.25) is 0 Å². The van der Waals surface area contributed by atoms with Crippen LogP contribution in [0.1, 0.15) is 20.8 Å². The van der Waals surface area contributed by atoms with Crippen molar-refractivity contribution in [2.45, 2.75) is 20.8 Å². The quantitative estimate of drug-likeness (QED) is 0.332. The Bertz CT molecular complexity index is 615. The number of rotatable bonds is 8. The second kappa shape index (κ2) is 9.92. The van der Waals surface area contributed by atoms with Crippen molar-refractivity contribution in [3.63, 3.8) is 0 Å². The third-order valence-corrected chi connectivity index (χ3v) is 3.54. The zero-order valence-corrected chi connectivity index (χ0v) is 14.5. The molecule has 1 aromatic carbocycles. The van der Waals surface area contributed by atoms with E-state index in [1.54, 1.807) is 13.8 Å². The van der Waals surface area contributed by atoms with Gasteiger partial charge in [-0.2, -0.15) is 0 Å². The summed E-state index contributed by atoms with van der Waals surface area (Å²) < 4.78 is 36.2. The minimum atomic E-state index is -1.05. The summed E-state index contributed by atoms with van der Waals surface area (Å²) >= 11 is 1.15. The molecule has 0 aliphatic heterocycles. The van der Waals surface area contributed by atoms with E-state index in [1.807, 2.05) is 6.92 Å². The van der Waals surface area contributed by atoms with Gasteiger partial charge in [0.15, 0.2) is 17.2 Å². The molecule has 0 saturated heterocycles. The summed E-state index contributed by atoms with van der Waals surface area (Å²) in [5.41, 5.74) is -0.119. The van der Waals surface area contributed by atoms with Crippen LogP contribution in [0.5, 0.6) is 0 Å². The van der Waals surface area contributed by atoms with Crippen LogP contribution in [0.2, 0.25) is 0 Å². The first-order valence-corrected chi connectivity index (χ1v) is 8.36. The van der Waals surface area contributed by atoms with Gasteiger partial charge in [0.05, 0.1) is 18.2 Å². The molecular formula is C16H19F2NO4S. The van der Waals surface area contributed by atoms with E-state index in [2.05, 4.69) is 5.32 Å². The van der Waals surface area contributed by atoms with E-state index in [1.165, 1.54) is 6.07 Å². The fraction of sp³-hybridized carbons (Fsp3) is 0.375. The highest BCUT2D eigenvalue weighted by Gasteiger charge is 2.26. The molecule has 1 rings (SSSR count). The highest BCUT2D eigenvalue weighted by molar-refractivity contribution is 8.03. The standard InChI is InChI=1S/C16H19F2NO4S/c1-4-22-15(20)13(16(21)23-5-2)14(24-6-3)19-10-7-8-11(17)12(18)9-10/h7-9,19H,4-6H2,1-3H3. The molecule has 0 aliphatic carbocycles. The first-order valence-electron chi connectivity index (χ1n) is 7.37. The molecule has 0 atom stereocenters. The molecule has 0 aliphatic rings. The van der Waals surface area contributed by atoms with Gasteiger partial charge in [0.1, 0.15) is 0 Å². The first kappa shape index (κ1) is 20.0. The number of hydrogen-bond acceptors (Lipinski definition) is 6. The molecule has 1 N–H and O–H groups in total. The van der Waals surface area contributed by atoms with Crippen LogP contribution in [0.15, 0.2) is 28.8 Å². The molecule has 0 spiro atoms. The van der Waals surface area contributed by atoms with Gasteiger partial charge in [-0.15, -0.1) is 11.8 Å². The van der Waals surface area contributed by atoms with Crippen LogP contribution in [0, 0.1) is 11.6 Å². The van der Waals surface area contributed by atoms with Gasteiger partial charge in [-0.25, -0.2) is 18.4 Å². The molecule has 132 valence electrons. The van der Waals surface area contributed by atoms with Gasteiger partial charge in [0.25, 0.3) is 0 Å². The van der Waals surface area contributed by atoms with E-state index in [9.17, 15) is 18.4 Å². The van der Waals surface area contributed by atoms with Crippen molar-refractivity contribution < 1.29 is 27.8 Å². The van der Waals surface area contributed by atoms with E-state index >= 15 is 0 Å². The molecule has 0 bridgehead atoms. The van der Waals surface area contributed by atoms with E-state index in [0.717, 1.165) is 23.9 Å². The SMILES string of the molecule is CCOC(=O)C(C(=O)OCC)=C(Nc1ccc(F)c(F)c1)SCC. The molecular weight excluding hydrogens is 340 g/mol. The molecule has 1 aromatic rings. The predicted molar refractivity (Wildman–Crippen MR) is 88.4 cm³/mol. The Morgan fingerprint density at radius 2 is 1.62 bits per heavy atom. The van der Waals surface area contributed by atoms with Crippen LogP contribution in [0.25, 0.3) is 0 Å². The molecule has 0 heterocycles. The summed E-state index contributed by atoms with van der Waals surface area (Å²) in [5, 5.41) is 2.91. The van der Waals surface area contributed by atoms with Gasteiger partial charge in [-0.3, -0.25) is 0 Å². The number of ether oxygens (including phenoxy) is 2. The molecule has 0 unspecified atom stereocenters. The lowest BCUT2D eigenvalue weighted by atomic mass is 10.2. The van der Waals surface area contributed by atoms with Crippen LogP contribution >= 0.6 is 11.8 Å². The third kappa shape index (κ3) is 5.52. The van der Waals surface area contributed by atoms with E-state index < -0.39 is 23.6 Å². The molecule has 0 radical (unpaired) electrons. The number of carbonyl (C=O) groups excluding carboxylic acids is 2. The van der Waals surface area contributed by atoms with Crippen molar-refractivity contribution in [3.05, 3.63) is 40.4 Å². The second-order valence-electron chi connectivity index (χ2n) is 4.33. The number of nitrogens with one attached hydrogen (secondary N) is 1. The van der Waals surface area contributed by atoms with E-state index in [0.29, 0.717) is 5.75 Å². The fourth-order valence-electron chi connectivity index (χ4n) is 1.70. The highest BCUT2D eigenvalue weighted by atomic mass is 32.2. The van der Waals surface area contributed by atoms with Gasteiger partial charge in [-0.1, -0.05) is 6.92 Å². The summed E-state index contributed by atoms with van der Waals surface area (Å²) in [6.07, 6.45) is 0. The normalized spacial score (nSPS) is 10.0. The summed E-state index contributed by atoms with van der Waals surface area (Å²) in [6, 6.07) is 3.17. The summed E-state index contributed by atoms with van der Waals surface area (Å²) in [5.74, 6) is -3.21. The molecule has 0 saturated carbocycles. The van der Waals surface area contributed by atoms with Crippen molar-refractivity contribution in [2.75, 3.05) is 24.3 Å². The van der Waals surface area contributed by atoms with Crippen LogP contribution in [-0.4, -0.2) is 30.9 Å². The predicted octanol–water partition coefficient (Wildman–Crippen LogP) is 3.47. The lowest BCUT2D eigenvalue weighted by molar-refractivity contribution is -0.146. The highest BCUT2D eigenvalue weighted by Crippen LogP contribution is 2.25. The van der Waals surface area contributed by atoms with Crippen molar-refractivity contribution in [3.8, 4) is 0 Å². The smallest absolute Gasteiger partial charge is 0.348 e. The Morgan fingerprint density at radius 1 is 1.04 bits per heavy atom. The van der Waals surface area contributed by atoms with Crippen LogP contribution < -0.4 is 5.32 Å². The average Bonchev–Trinajstić information content (AvgIpc) is 2.52. The van der Waals surface area contributed by atoms with Crippen molar-refractivity contribution in [2.24, 2.45) is 0 Å². The lowest BCUT2D eigenvalue weighted by Crippen LogP contribution is -2.22. The maximum atomic E-state index is 13.4. The van der Waals surface area contributed by atoms with Crippen LogP contribution in [0.3, 0.4) is 0 Å². The van der Waals surface area contributed by atoms with E-state index in [-0.39, 0.29) is 29.5 Å². The first-order chi connectivity index (χ1) is 11.4. The Kier molecular flexibility index (Phi) is 8.25.